The van der Waals surface area contributed by atoms with Crippen LogP contribution in [0.25, 0.3) is 44.1 Å². The standard InChI is InChI=1S/C26H21NO3/c1-15-3-9-20-22(11-15)23-12-16(2)4-10-21(23)25-24(20)27-26(30-25)17-5-7-18(8-6-17)28-13-19-14-29-19/h3-12,19H,13-14H2,1-2H3. The van der Waals surface area contributed by atoms with Crippen molar-refractivity contribution in [1.82, 2.24) is 4.98 Å². The Kier molecular flexibility index (Phi) is 3.83. The van der Waals surface area contributed by atoms with Gasteiger partial charge in [-0.05, 0) is 48.9 Å². The lowest BCUT2D eigenvalue weighted by molar-refractivity contribution is 0.263. The highest BCUT2D eigenvalue weighted by Crippen LogP contribution is 2.38. The van der Waals surface area contributed by atoms with Gasteiger partial charge in [-0.15, -0.1) is 0 Å². The van der Waals surface area contributed by atoms with E-state index in [2.05, 4.69) is 50.2 Å². The number of oxazole rings is 1. The average molecular weight is 395 g/mol. The maximum Gasteiger partial charge on any atom is 0.227 e. The van der Waals surface area contributed by atoms with Gasteiger partial charge in [0.2, 0.25) is 5.89 Å². The minimum Gasteiger partial charge on any atom is -0.491 e. The van der Waals surface area contributed by atoms with Crippen LogP contribution in [0.3, 0.4) is 0 Å². The van der Waals surface area contributed by atoms with Gasteiger partial charge in [-0.1, -0.05) is 47.5 Å². The maximum absolute atomic E-state index is 6.32. The summed E-state index contributed by atoms with van der Waals surface area (Å²) in [6, 6.07) is 20.9. The minimum atomic E-state index is 0.246. The molecule has 1 aromatic heterocycles. The minimum absolute atomic E-state index is 0.246. The first-order chi connectivity index (χ1) is 14.7. The summed E-state index contributed by atoms with van der Waals surface area (Å²) in [5.74, 6) is 1.45. The molecule has 1 fully saturated rings. The molecule has 4 aromatic carbocycles. The van der Waals surface area contributed by atoms with E-state index in [1.165, 1.54) is 21.9 Å². The molecule has 30 heavy (non-hydrogen) atoms. The highest BCUT2D eigenvalue weighted by atomic mass is 16.6. The van der Waals surface area contributed by atoms with E-state index in [0.717, 1.165) is 39.8 Å². The molecule has 1 saturated heterocycles. The molecular weight excluding hydrogens is 374 g/mol. The van der Waals surface area contributed by atoms with Gasteiger partial charge < -0.3 is 13.9 Å². The summed E-state index contributed by atoms with van der Waals surface area (Å²) in [7, 11) is 0. The molecule has 1 unspecified atom stereocenters. The number of hydrogen-bond donors (Lipinski definition) is 0. The van der Waals surface area contributed by atoms with Crippen molar-refractivity contribution in [2.45, 2.75) is 20.0 Å². The van der Waals surface area contributed by atoms with Crippen LogP contribution in [-0.2, 0) is 4.74 Å². The Morgan fingerprint density at radius 1 is 0.867 bits per heavy atom. The smallest absolute Gasteiger partial charge is 0.227 e. The number of aryl methyl sites for hydroxylation is 2. The summed E-state index contributed by atoms with van der Waals surface area (Å²) in [5.41, 5.74) is 5.14. The van der Waals surface area contributed by atoms with Crippen LogP contribution in [0.5, 0.6) is 5.75 Å². The third-order valence-corrected chi connectivity index (χ3v) is 5.71. The van der Waals surface area contributed by atoms with Gasteiger partial charge in [0.15, 0.2) is 5.58 Å². The average Bonchev–Trinajstić information content (AvgIpc) is 3.49. The zero-order chi connectivity index (χ0) is 20.2. The molecule has 148 valence electrons. The molecule has 0 radical (unpaired) electrons. The Morgan fingerprint density at radius 2 is 1.53 bits per heavy atom. The van der Waals surface area contributed by atoms with Crippen LogP contribution in [0, 0.1) is 13.8 Å². The van der Waals surface area contributed by atoms with Gasteiger partial charge in [-0.25, -0.2) is 4.98 Å². The van der Waals surface area contributed by atoms with Crippen LogP contribution in [0.2, 0.25) is 0 Å². The molecule has 6 rings (SSSR count). The second-order valence-corrected chi connectivity index (χ2v) is 8.09. The molecule has 4 nitrogen and oxygen atoms in total. The van der Waals surface area contributed by atoms with Crippen LogP contribution >= 0.6 is 0 Å². The normalized spacial score (nSPS) is 15.9. The largest absolute Gasteiger partial charge is 0.491 e. The first kappa shape index (κ1) is 17.5. The van der Waals surface area contributed by atoms with Gasteiger partial charge in [-0.2, -0.15) is 0 Å². The van der Waals surface area contributed by atoms with E-state index in [1.807, 2.05) is 24.3 Å². The number of aromatic nitrogens is 1. The molecule has 1 aliphatic heterocycles. The SMILES string of the molecule is Cc1ccc2c(c1)c1cc(C)ccc1c1oc(-c3ccc(OCC4CO4)cc3)nc21. The van der Waals surface area contributed by atoms with Crippen molar-refractivity contribution in [2.24, 2.45) is 0 Å². The van der Waals surface area contributed by atoms with Gasteiger partial charge in [-0.3, -0.25) is 0 Å². The van der Waals surface area contributed by atoms with Crippen molar-refractivity contribution in [1.29, 1.82) is 0 Å². The quantitative estimate of drug-likeness (QED) is 0.269. The molecule has 0 N–H and O–H groups in total. The van der Waals surface area contributed by atoms with Crippen LogP contribution in [0.1, 0.15) is 11.1 Å². The van der Waals surface area contributed by atoms with E-state index >= 15 is 0 Å². The number of ether oxygens (including phenoxy) is 2. The summed E-state index contributed by atoms with van der Waals surface area (Å²) >= 11 is 0. The van der Waals surface area contributed by atoms with E-state index in [-0.39, 0.29) is 6.10 Å². The lowest BCUT2D eigenvalue weighted by Crippen LogP contribution is -2.03. The first-order valence-electron chi connectivity index (χ1n) is 10.2. The Bertz CT molecular complexity index is 1330. The number of hydrogen-bond acceptors (Lipinski definition) is 4. The third-order valence-electron chi connectivity index (χ3n) is 5.71. The van der Waals surface area contributed by atoms with Crippen molar-refractivity contribution < 1.29 is 13.9 Å². The molecule has 1 atom stereocenters. The van der Waals surface area contributed by atoms with Crippen LogP contribution in [-0.4, -0.2) is 24.3 Å². The number of nitrogens with zero attached hydrogens (tertiary/aromatic N) is 1. The van der Waals surface area contributed by atoms with Crippen molar-refractivity contribution in [3.8, 4) is 17.2 Å². The van der Waals surface area contributed by atoms with Crippen molar-refractivity contribution in [2.75, 3.05) is 13.2 Å². The van der Waals surface area contributed by atoms with Crippen molar-refractivity contribution >= 4 is 32.6 Å². The highest BCUT2D eigenvalue weighted by molar-refractivity contribution is 6.23. The molecule has 5 aromatic rings. The first-order valence-corrected chi connectivity index (χ1v) is 10.2. The molecule has 0 bridgehead atoms. The van der Waals surface area contributed by atoms with Crippen molar-refractivity contribution in [3.05, 3.63) is 71.8 Å². The molecular formula is C26H21NO3. The molecule has 2 heterocycles. The van der Waals surface area contributed by atoms with E-state index in [9.17, 15) is 0 Å². The number of benzene rings is 4. The number of rotatable bonds is 4. The monoisotopic (exact) mass is 395 g/mol. The van der Waals surface area contributed by atoms with Crippen LogP contribution in [0.4, 0.5) is 0 Å². The second-order valence-electron chi connectivity index (χ2n) is 8.09. The molecule has 0 saturated carbocycles. The number of fused-ring (bicyclic) bond motifs is 6. The fraction of sp³-hybridized carbons (Fsp3) is 0.192. The molecule has 0 spiro atoms. The Balaban J connectivity index is 1.51. The lowest BCUT2D eigenvalue weighted by Gasteiger charge is -2.07. The van der Waals surface area contributed by atoms with E-state index < -0.39 is 0 Å². The van der Waals surface area contributed by atoms with Gasteiger partial charge in [0.1, 0.15) is 24.0 Å². The van der Waals surface area contributed by atoms with E-state index in [0.29, 0.717) is 12.5 Å². The Labute approximate surface area is 174 Å². The van der Waals surface area contributed by atoms with Crippen LogP contribution < -0.4 is 4.74 Å². The Hall–Kier alpha value is -3.37. The molecule has 1 aliphatic rings. The summed E-state index contributed by atoms with van der Waals surface area (Å²) in [5, 5.41) is 4.63. The number of epoxide rings is 1. The van der Waals surface area contributed by atoms with Crippen molar-refractivity contribution in [3.63, 3.8) is 0 Å². The van der Waals surface area contributed by atoms with E-state index in [1.54, 1.807) is 0 Å². The third kappa shape index (κ3) is 2.92. The van der Waals surface area contributed by atoms with Gasteiger partial charge in [0.25, 0.3) is 0 Å². The molecule has 0 aliphatic carbocycles. The lowest BCUT2D eigenvalue weighted by atomic mass is 9.97. The zero-order valence-electron chi connectivity index (χ0n) is 16.9. The molecule has 4 heteroatoms. The highest BCUT2D eigenvalue weighted by Gasteiger charge is 2.23. The predicted octanol–water partition coefficient (Wildman–Crippen LogP) is 6.20. The second kappa shape index (κ2) is 6.57. The maximum atomic E-state index is 6.32. The van der Waals surface area contributed by atoms with Gasteiger partial charge in [0, 0.05) is 16.3 Å². The topological polar surface area (TPSA) is 47.8 Å². The fourth-order valence-corrected chi connectivity index (χ4v) is 4.02. The Morgan fingerprint density at radius 3 is 2.23 bits per heavy atom. The summed E-state index contributed by atoms with van der Waals surface area (Å²) in [4.78, 5) is 4.90. The fourth-order valence-electron chi connectivity index (χ4n) is 4.02. The van der Waals surface area contributed by atoms with E-state index in [4.69, 9.17) is 18.9 Å². The summed E-state index contributed by atoms with van der Waals surface area (Å²) in [6.07, 6.45) is 0.246. The van der Waals surface area contributed by atoms with Crippen LogP contribution in [0.15, 0.2) is 65.1 Å². The summed E-state index contributed by atoms with van der Waals surface area (Å²) < 4.78 is 17.3. The summed E-state index contributed by atoms with van der Waals surface area (Å²) in [6.45, 7) is 5.63. The van der Waals surface area contributed by atoms with Gasteiger partial charge in [0.05, 0.1) is 6.61 Å². The predicted molar refractivity (Wildman–Crippen MR) is 119 cm³/mol. The van der Waals surface area contributed by atoms with Gasteiger partial charge >= 0.3 is 0 Å². The molecule has 0 amide bonds. The zero-order valence-corrected chi connectivity index (χ0v) is 16.9.